The molecule has 188 valence electrons. The van der Waals surface area contributed by atoms with Crippen LogP contribution in [0.4, 0.5) is 11.5 Å². The summed E-state index contributed by atoms with van der Waals surface area (Å²) in [4.78, 5) is 4.67. The maximum Gasteiger partial charge on any atom is 0.139 e. The highest BCUT2D eigenvalue weighted by atomic mass is 16.5. The van der Waals surface area contributed by atoms with E-state index < -0.39 is 0 Å². The summed E-state index contributed by atoms with van der Waals surface area (Å²) in [5, 5.41) is 19.6. The van der Waals surface area contributed by atoms with Gasteiger partial charge in [0.25, 0.3) is 0 Å². The van der Waals surface area contributed by atoms with Crippen molar-refractivity contribution in [3.05, 3.63) is 77.7 Å². The van der Waals surface area contributed by atoms with Crippen molar-refractivity contribution in [2.45, 2.75) is 52.4 Å². The second-order valence-corrected chi connectivity index (χ2v) is 11.1. The number of hydrogen-bond acceptors (Lipinski definition) is 6. The number of rotatable bonds is 7. The van der Waals surface area contributed by atoms with Crippen molar-refractivity contribution in [1.29, 1.82) is 0 Å². The molecule has 1 aliphatic heterocycles. The van der Waals surface area contributed by atoms with Crippen LogP contribution in [0.25, 0.3) is 10.9 Å². The minimum absolute atomic E-state index is 0.156. The van der Waals surface area contributed by atoms with Crippen molar-refractivity contribution in [1.82, 2.24) is 10.1 Å². The molecule has 0 radical (unpaired) electrons. The molecule has 1 fully saturated rings. The Morgan fingerprint density at radius 2 is 1.83 bits per heavy atom. The van der Waals surface area contributed by atoms with Gasteiger partial charge in [-0.2, -0.15) is 0 Å². The lowest BCUT2D eigenvalue weighted by Gasteiger charge is -2.30. The van der Waals surface area contributed by atoms with E-state index in [9.17, 15) is 5.11 Å². The van der Waals surface area contributed by atoms with Gasteiger partial charge in [0, 0.05) is 31.1 Å². The second-order valence-electron chi connectivity index (χ2n) is 11.1. The molecule has 6 nitrogen and oxygen atoms in total. The van der Waals surface area contributed by atoms with Crippen LogP contribution in [0.5, 0.6) is 5.75 Å². The van der Waals surface area contributed by atoms with E-state index in [1.54, 1.807) is 0 Å². The quantitative estimate of drug-likeness (QED) is 0.274. The number of nitrogens with one attached hydrogen (secondary N) is 1. The van der Waals surface area contributed by atoms with Crippen molar-refractivity contribution in [2.24, 2.45) is 11.3 Å². The summed E-state index contributed by atoms with van der Waals surface area (Å²) in [6, 6.07) is 20.0. The molecule has 3 heterocycles. The number of anilines is 2. The van der Waals surface area contributed by atoms with E-state index in [0.717, 1.165) is 66.8 Å². The molecule has 0 aliphatic carbocycles. The molecule has 36 heavy (non-hydrogen) atoms. The molecule has 5 rings (SSSR count). The Balaban J connectivity index is 1.37. The highest BCUT2D eigenvalue weighted by molar-refractivity contribution is 5.81. The number of nitrogens with zero attached hydrogens (tertiary/aromatic N) is 2. The highest BCUT2D eigenvalue weighted by Gasteiger charge is 2.28. The minimum atomic E-state index is 0.156. The molecule has 0 spiro atoms. The molecule has 2 aromatic heterocycles. The zero-order valence-electron chi connectivity index (χ0n) is 21.3. The Morgan fingerprint density at radius 3 is 2.61 bits per heavy atom. The number of phenolic OH excluding ortho intramolecular Hbond substituents is 1. The average Bonchev–Trinajstić information content (AvgIpc) is 3.29. The lowest BCUT2D eigenvalue weighted by molar-refractivity contribution is 0.0569. The molecule has 1 atom stereocenters. The maximum absolute atomic E-state index is 11.0. The summed E-state index contributed by atoms with van der Waals surface area (Å²) in [6.07, 6.45) is 3.62. The van der Waals surface area contributed by atoms with E-state index in [1.165, 1.54) is 0 Å². The van der Waals surface area contributed by atoms with Crippen LogP contribution in [0.3, 0.4) is 0 Å². The standard InChI is InChI=1S/C30H35N3O3/c1-30(2,3)19-23-17-24(36-33-23)18-25(20-12-14-35-15-13-20)22-8-10-27(28(34)16-22)32-29-11-9-21-6-4-5-7-26(21)31-29/h4-11,16-17,20,25,34H,12-15,18-19H2,1-3H3,(H,31,32). The van der Waals surface area contributed by atoms with Crippen LogP contribution in [0, 0.1) is 11.3 Å². The number of ether oxygens (including phenoxy) is 1. The van der Waals surface area contributed by atoms with E-state index in [4.69, 9.17) is 9.26 Å². The second kappa shape index (κ2) is 10.3. The van der Waals surface area contributed by atoms with Crippen LogP contribution in [0.1, 0.15) is 56.5 Å². The molecule has 1 unspecified atom stereocenters. The molecular formula is C30H35N3O3. The Labute approximate surface area is 212 Å². The Morgan fingerprint density at radius 1 is 1.03 bits per heavy atom. The SMILES string of the molecule is CC(C)(C)Cc1cc(CC(c2ccc(Nc3ccc4ccccc4n3)c(O)c2)C2CCOCC2)on1. The summed E-state index contributed by atoms with van der Waals surface area (Å²) >= 11 is 0. The van der Waals surface area contributed by atoms with Crippen LogP contribution < -0.4 is 5.32 Å². The van der Waals surface area contributed by atoms with Gasteiger partial charge in [-0.3, -0.25) is 0 Å². The molecular weight excluding hydrogens is 450 g/mol. The first-order valence-electron chi connectivity index (χ1n) is 12.8. The van der Waals surface area contributed by atoms with Gasteiger partial charge in [-0.25, -0.2) is 4.98 Å². The van der Waals surface area contributed by atoms with Crippen LogP contribution in [0.15, 0.2) is 65.2 Å². The lowest BCUT2D eigenvalue weighted by atomic mass is 9.78. The third kappa shape index (κ3) is 5.88. The summed E-state index contributed by atoms with van der Waals surface area (Å²) in [5.41, 5.74) is 3.80. The van der Waals surface area contributed by atoms with Gasteiger partial charge >= 0.3 is 0 Å². The number of aromatic nitrogens is 2. The van der Waals surface area contributed by atoms with Gasteiger partial charge in [0.05, 0.1) is 16.9 Å². The lowest BCUT2D eigenvalue weighted by Crippen LogP contribution is -2.23. The first-order valence-corrected chi connectivity index (χ1v) is 12.8. The van der Waals surface area contributed by atoms with E-state index >= 15 is 0 Å². The summed E-state index contributed by atoms with van der Waals surface area (Å²) in [6.45, 7) is 8.16. The highest BCUT2D eigenvalue weighted by Crippen LogP contribution is 2.38. The fraction of sp³-hybridized carbons (Fsp3) is 0.400. The van der Waals surface area contributed by atoms with Gasteiger partial charge in [0.1, 0.15) is 17.3 Å². The Kier molecular flexibility index (Phi) is 6.97. The van der Waals surface area contributed by atoms with Gasteiger partial charge in [0.15, 0.2) is 0 Å². The number of fused-ring (bicyclic) bond motifs is 1. The van der Waals surface area contributed by atoms with Gasteiger partial charge in [0.2, 0.25) is 0 Å². The molecule has 0 saturated carbocycles. The zero-order valence-corrected chi connectivity index (χ0v) is 21.3. The van der Waals surface area contributed by atoms with Gasteiger partial charge in [-0.05, 0) is 72.4 Å². The largest absolute Gasteiger partial charge is 0.506 e. The van der Waals surface area contributed by atoms with E-state index in [-0.39, 0.29) is 17.1 Å². The molecule has 1 saturated heterocycles. The zero-order chi connectivity index (χ0) is 25.1. The molecule has 2 N–H and O–H groups in total. The van der Waals surface area contributed by atoms with E-state index in [2.05, 4.69) is 48.4 Å². The average molecular weight is 486 g/mol. The van der Waals surface area contributed by atoms with Gasteiger partial charge in [-0.1, -0.05) is 50.2 Å². The summed E-state index contributed by atoms with van der Waals surface area (Å²) in [7, 11) is 0. The topological polar surface area (TPSA) is 80.4 Å². The smallest absolute Gasteiger partial charge is 0.139 e. The molecule has 0 amide bonds. The number of pyridine rings is 1. The minimum Gasteiger partial charge on any atom is -0.506 e. The fourth-order valence-electron chi connectivity index (χ4n) is 5.13. The van der Waals surface area contributed by atoms with E-state index in [0.29, 0.717) is 17.4 Å². The third-order valence-electron chi connectivity index (χ3n) is 6.89. The van der Waals surface area contributed by atoms with E-state index in [1.807, 2.05) is 48.5 Å². The number of hydrogen-bond donors (Lipinski definition) is 2. The first kappa shape index (κ1) is 24.3. The Hall–Kier alpha value is -3.38. The van der Waals surface area contributed by atoms with Crippen LogP contribution in [-0.2, 0) is 17.6 Å². The van der Waals surface area contributed by atoms with Crippen molar-refractivity contribution in [3.63, 3.8) is 0 Å². The Bertz CT molecular complexity index is 1320. The van der Waals surface area contributed by atoms with Crippen LogP contribution in [0.2, 0.25) is 0 Å². The monoisotopic (exact) mass is 485 g/mol. The molecule has 6 heteroatoms. The first-order chi connectivity index (χ1) is 17.3. The van der Waals surface area contributed by atoms with Gasteiger partial charge in [-0.15, -0.1) is 0 Å². The van der Waals surface area contributed by atoms with Crippen LogP contribution >= 0.6 is 0 Å². The summed E-state index contributed by atoms with van der Waals surface area (Å²) in [5.74, 6) is 2.47. The summed E-state index contributed by atoms with van der Waals surface area (Å²) < 4.78 is 11.4. The number of para-hydroxylation sites is 1. The van der Waals surface area contributed by atoms with Crippen molar-refractivity contribution in [2.75, 3.05) is 18.5 Å². The third-order valence-corrected chi connectivity index (χ3v) is 6.89. The number of benzene rings is 2. The van der Waals surface area contributed by atoms with Crippen molar-refractivity contribution < 1.29 is 14.4 Å². The fourth-order valence-corrected chi connectivity index (χ4v) is 5.13. The predicted octanol–water partition coefficient (Wildman–Crippen LogP) is 7.01. The van der Waals surface area contributed by atoms with Crippen LogP contribution in [-0.4, -0.2) is 28.5 Å². The normalized spacial score (nSPS) is 15.8. The number of phenols is 1. The molecule has 1 aliphatic rings. The van der Waals surface area contributed by atoms with Gasteiger partial charge < -0.3 is 19.7 Å². The maximum atomic E-state index is 11.0. The molecule has 0 bridgehead atoms. The predicted molar refractivity (Wildman–Crippen MR) is 143 cm³/mol. The van der Waals surface area contributed by atoms with Crippen molar-refractivity contribution >= 4 is 22.4 Å². The number of aromatic hydroxyl groups is 1. The molecule has 2 aromatic carbocycles. The van der Waals surface area contributed by atoms with Crippen molar-refractivity contribution in [3.8, 4) is 5.75 Å². The molecule has 4 aromatic rings.